The van der Waals surface area contributed by atoms with Crippen LogP contribution >= 0.6 is 0 Å². The van der Waals surface area contributed by atoms with Crippen LogP contribution in [0.15, 0.2) is 0 Å². The zero-order valence-corrected chi connectivity index (χ0v) is 10.7. The largest absolute Gasteiger partial charge is 0.480 e. The third-order valence-electron chi connectivity index (χ3n) is 2.52. The molecule has 1 atom stereocenters. The SMILES string of the molecule is CCOCCCNC(=O)NC(C)(CC)C(=O)O. The lowest BCUT2D eigenvalue weighted by molar-refractivity contribution is -0.143. The number of hydrogen-bond acceptors (Lipinski definition) is 3. The Balaban J connectivity index is 3.88. The third kappa shape index (κ3) is 6.11. The monoisotopic (exact) mass is 246 g/mol. The Hall–Kier alpha value is -1.30. The molecule has 0 bridgehead atoms. The number of aliphatic carboxylic acids is 1. The third-order valence-corrected chi connectivity index (χ3v) is 2.52. The Bertz CT molecular complexity index is 258. The van der Waals surface area contributed by atoms with E-state index >= 15 is 0 Å². The standard InChI is InChI=1S/C11H22N2O4/c1-4-11(3,9(14)15)13-10(16)12-7-6-8-17-5-2/h4-8H2,1-3H3,(H,14,15)(H2,12,13,16). The van der Waals surface area contributed by atoms with E-state index in [-0.39, 0.29) is 0 Å². The molecule has 0 aromatic rings. The molecule has 6 nitrogen and oxygen atoms in total. The van der Waals surface area contributed by atoms with Gasteiger partial charge in [-0.05, 0) is 26.7 Å². The molecule has 3 N–H and O–H groups in total. The highest BCUT2D eigenvalue weighted by molar-refractivity contribution is 5.85. The summed E-state index contributed by atoms with van der Waals surface area (Å²) in [5, 5.41) is 14.0. The zero-order valence-electron chi connectivity index (χ0n) is 10.7. The van der Waals surface area contributed by atoms with Crippen molar-refractivity contribution in [1.82, 2.24) is 10.6 Å². The van der Waals surface area contributed by atoms with Crippen molar-refractivity contribution in [3.63, 3.8) is 0 Å². The van der Waals surface area contributed by atoms with Crippen molar-refractivity contribution in [1.29, 1.82) is 0 Å². The first-order chi connectivity index (χ1) is 7.96. The normalized spacial score (nSPS) is 13.8. The predicted molar refractivity (Wildman–Crippen MR) is 64.0 cm³/mol. The fourth-order valence-electron chi connectivity index (χ4n) is 1.11. The summed E-state index contributed by atoms with van der Waals surface area (Å²) in [6.07, 6.45) is 1.03. The van der Waals surface area contributed by atoms with Crippen LogP contribution in [0.25, 0.3) is 0 Å². The summed E-state index contributed by atoms with van der Waals surface area (Å²) in [5.74, 6) is -1.04. The van der Waals surface area contributed by atoms with Gasteiger partial charge in [0.15, 0.2) is 0 Å². The quantitative estimate of drug-likeness (QED) is 0.557. The second-order valence-electron chi connectivity index (χ2n) is 3.92. The first-order valence-electron chi connectivity index (χ1n) is 5.83. The molecule has 0 saturated heterocycles. The van der Waals surface area contributed by atoms with E-state index in [0.717, 1.165) is 0 Å². The molecule has 0 rings (SSSR count). The minimum atomic E-state index is -1.22. The van der Waals surface area contributed by atoms with Crippen LogP contribution in [-0.4, -0.2) is 42.4 Å². The molecule has 0 aromatic heterocycles. The van der Waals surface area contributed by atoms with Gasteiger partial charge in [-0.25, -0.2) is 9.59 Å². The fraction of sp³-hybridized carbons (Fsp3) is 0.818. The Morgan fingerprint density at radius 2 is 2.00 bits per heavy atom. The van der Waals surface area contributed by atoms with E-state index in [1.165, 1.54) is 6.92 Å². The van der Waals surface area contributed by atoms with Gasteiger partial charge in [0, 0.05) is 19.8 Å². The highest BCUT2D eigenvalue weighted by Gasteiger charge is 2.32. The van der Waals surface area contributed by atoms with E-state index < -0.39 is 17.5 Å². The number of amides is 2. The van der Waals surface area contributed by atoms with Crippen molar-refractivity contribution >= 4 is 12.0 Å². The Labute approximate surface area is 102 Å². The number of hydrogen-bond donors (Lipinski definition) is 3. The van der Waals surface area contributed by atoms with Crippen LogP contribution in [0.2, 0.25) is 0 Å². The van der Waals surface area contributed by atoms with Gasteiger partial charge in [-0.3, -0.25) is 0 Å². The van der Waals surface area contributed by atoms with Gasteiger partial charge in [0.2, 0.25) is 0 Å². The number of carboxylic acid groups (broad SMARTS) is 1. The van der Waals surface area contributed by atoms with E-state index in [4.69, 9.17) is 9.84 Å². The van der Waals surface area contributed by atoms with E-state index in [1.807, 2.05) is 6.92 Å². The predicted octanol–water partition coefficient (Wildman–Crippen LogP) is 0.965. The molecule has 0 aliphatic rings. The summed E-state index contributed by atoms with van der Waals surface area (Å²) < 4.78 is 5.11. The van der Waals surface area contributed by atoms with Gasteiger partial charge in [-0.1, -0.05) is 6.92 Å². The molecule has 0 spiro atoms. The van der Waals surface area contributed by atoms with Gasteiger partial charge in [0.05, 0.1) is 0 Å². The lowest BCUT2D eigenvalue weighted by atomic mass is 10.00. The molecule has 17 heavy (non-hydrogen) atoms. The summed E-state index contributed by atoms with van der Waals surface area (Å²) in [6, 6.07) is -0.465. The van der Waals surface area contributed by atoms with E-state index in [0.29, 0.717) is 32.6 Å². The van der Waals surface area contributed by atoms with Crippen LogP contribution in [0.4, 0.5) is 4.79 Å². The van der Waals surface area contributed by atoms with Crippen molar-refractivity contribution in [3.8, 4) is 0 Å². The molecule has 0 aliphatic carbocycles. The lowest BCUT2D eigenvalue weighted by Gasteiger charge is -2.24. The number of nitrogens with one attached hydrogen (secondary N) is 2. The average molecular weight is 246 g/mol. The average Bonchev–Trinajstić information content (AvgIpc) is 2.28. The van der Waals surface area contributed by atoms with Crippen LogP contribution in [-0.2, 0) is 9.53 Å². The first kappa shape index (κ1) is 15.7. The summed E-state index contributed by atoms with van der Waals surface area (Å²) >= 11 is 0. The van der Waals surface area contributed by atoms with Crippen molar-refractivity contribution in [2.45, 2.75) is 39.2 Å². The number of carbonyl (C=O) groups is 2. The van der Waals surface area contributed by atoms with Crippen LogP contribution in [0, 0.1) is 0 Å². The van der Waals surface area contributed by atoms with E-state index in [1.54, 1.807) is 6.92 Å². The van der Waals surface area contributed by atoms with Gasteiger partial charge in [0.25, 0.3) is 0 Å². The molecule has 2 amide bonds. The van der Waals surface area contributed by atoms with E-state index in [9.17, 15) is 9.59 Å². The molecule has 0 heterocycles. The van der Waals surface area contributed by atoms with Gasteiger partial charge < -0.3 is 20.5 Å². The number of carboxylic acids is 1. The van der Waals surface area contributed by atoms with Gasteiger partial charge >= 0.3 is 12.0 Å². The number of rotatable bonds is 8. The highest BCUT2D eigenvalue weighted by atomic mass is 16.5. The maximum absolute atomic E-state index is 11.4. The maximum Gasteiger partial charge on any atom is 0.329 e. The summed E-state index contributed by atoms with van der Waals surface area (Å²) in [6.45, 7) is 6.80. The number of urea groups is 1. The van der Waals surface area contributed by atoms with Crippen molar-refractivity contribution in [2.75, 3.05) is 19.8 Å². The van der Waals surface area contributed by atoms with Crippen LogP contribution < -0.4 is 10.6 Å². The fourth-order valence-corrected chi connectivity index (χ4v) is 1.11. The highest BCUT2D eigenvalue weighted by Crippen LogP contribution is 2.08. The number of carbonyl (C=O) groups excluding carboxylic acids is 1. The van der Waals surface area contributed by atoms with Gasteiger partial charge in [-0.15, -0.1) is 0 Å². The van der Waals surface area contributed by atoms with E-state index in [2.05, 4.69) is 10.6 Å². The molecular weight excluding hydrogens is 224 g/mol. The topological polar surface area (TPSA) is 87.7 Å². The van der Waals surface area contributed by atoms with Crippen LogP contribution in [0.5, 0.6) is 0 Å². The van der Waals surface area contributed by atoms with Crippen molar-refractivity contribution < 1.29 is 19.4 Å². The molecule has 6 heteroatoms. The van der Waals surface area contributed by atoms with Gasteiger partial charge in [0.1, 0.15) is 5.54 Å². The lowest BCUT2D eigenvalue weighted by Crippen LogP contribution is -2.54. The number of ether oxygens (including phenoxy) is 1. The van der Waals surface area contributed by atoms with Crippen molar-refractivity contribution in [2.24, 2.45) is 0 Å². The minimum Gasteiger partial charge on any atom is -0.480 e. The Morgan fingerprint density at radius 3 is 2.47 bits per heavy atom. The van der Waals surface area contributed by atoms with Crippen LogP contribution in [0.3, 0.4) is 0 Å². The summed E-state index contributed by atoms with van der Waals surface area (Å²) in [7, 11) is 0. The summed E-state index contributed by atoms with van der Waals surface area (Å²) in [5.41, 5.74) is -1.22. The molecular formula is C11H22N2O4. The zero-order chi connectivity index (χ0) is 13.3. The molecule has 0 saturated carbocycles. The minimum absolute atomic E-state index is 0.328. The molecule has 0 aromatic carbocycles. The smallest absolute Gasteiger partial charge is 0.329 e. The summed E-state index contributed by atoms with van der Waals surface area (Å²) in [4.78, 5) is 22.4. The van der Waals surface area contributed by atoms with Gasteiger partial charge in [-0.2, -0.15) is 0 Å². The molecule has 0 radical (unpaired) electrons. The maximum atomic E-state index is 11.4. The van der Waals surface area contributed by atoms with Crippen LogP contribution in [0.1, 0.15) is 33.6 Å². The molecule has 100 valence electrons. The Morgan fingerprint density at radius 1 is 1.35 bits per heavy atom. The molecule has 0 fully saturated rings. The second-order valence-corrected chi connectivity index (χ2v) is 3.92. The molecule has 0 aliphatic heterocycles. The Kier molecular flexibility index (Phi) is 7.29. The van der Waals surface area contributed by atoms with Crippen molar-refractivity contribution in [3.05, 3.63) is 0 Å². The first-order valence-corrected chi connectivity index (χ1v) is 5.83. The molecule has 1 unspecified atom stereocenters. The second kappa shape index (κ2) is 7.89.